The van der Waals surface area contributed by atoms with Crippen molar-refractivity contribution < 1.29 is 9.53 Å². The second kappa shape index (κ2) is 8.20. The van der Waals surface area contributed by atoms with E-state index < -0.39 is 0 Å². The van der Waals surface area contributed by atoms with E-state index in [1.807, 2.05) is 42.5 Å². The Hall–Kier alpha value is -2.33. The van der Waals surface area contributed by atoms with Gasteiger partial charge in [0.25, 0.3) is 0 Å². The molecule has 1 atom stereocenters. The average molecular weight is 298 g/mol. The molecule has 0 aliphatic rings. The number of anilines is 1. The normalized spacial score (nSPS) is 11.7. The van der Waals surface area contributed by atoms with Crippen molar-refractivity contribution >= 4 is 11.7 Å². The first-order chi connectivity index (χ1) is 10.7. The van der Waals surface area contributed by atoms with Gasteiger partial charge in [0.2, 0.25) is 0 Å². The molecule has 0 spiro atoms. The molecule has 2 rings (SSSR count). The van der Waals surface area contributed by atoms with E-state index in [4.69, 9.17) is 10.5 Å². The van der Waals surface area contributed by atoms with Crippen molar-refractivity contribution in [2.45, 2.75) is 25.9 Å². The summed E-state index contributed by atoms with van der Waals surface area (Å²) in [6.45, 7) is 2.94. The highest BCUT2D eigenvalue weighted by Gasteiger charge is 2.12. The van der Waals surface area contributed by atoms with Gasteiger partial charge >= 0.3 is 5.97 Å². The van der Waals surface area contributed by atoms with Gasteiger partial charge in [0.05, 0.1) is 13.0 Å². The van der Waals surface area contributed by atoms with E-state index in [1.165, 1.54) is 5.56 Å². The Balaban J connectivity index is 1.88. The van der Waals surface area contributed by atoms with E-state index in [0.29, 0.717) is 6.61 Å². The smallest absolute Gasteiger partial charge is 0.307 e. The van der Waals surface area contributed by atoms with Crippen LogP contribution in [0.1, 0.15) is 30.5 Å². The van der Waals surface area contributed by atoms with Crippen LogP contribution < -0.4 is 11.1 Å². The second-order valence-electron chi connectivity index (χ2n) is 5.08. The summed E-state index contributed by atoms with van der Waals surface area (Å²) < 4.78 is 4.91. The van der Waals surface area contributed by atoms with Gasteiger partial charge in [-0.25, -0.2) is 0 Å². The van der Waals surface area contributed by atoms with E-state index in [2.05, 4.69) is 17.4 Å². The van der Waals surface area contributed by atoms with Crippen LogP contribution >= 0.6 is 0 Å². The van der Waals surface area contributed by atoms with Crippen molar-refractivity contribution in [1.29, 1.82) is 0 Å². The van der Waals surface area contributed by atoms with Crippen LogP contribution in [-0.2, 0) is 16.1 Å². The Morgan fingerprint density at radius 2 is 1.82 bits per heavy atom. The van der Waals surface area contributed by atoms with Crippen molar-refractivity contribution in [3.63, 3.8) is 0 Å². The number of nitrogens with two attached hydrogens (primary N) is 1. The molecular weight excluding hydrogens is 276 g/mol. The SMILES string of the molecule is CCOC(=O)C[C@H](N)c1ccc(NCc2ccccc2)cc1. The van der Waals surface area contributed by atoms with Crippen molar-refractivity contribution in [2.24, 2.45) is 5.73 Å². The van der Waals surface area contributed by atoms with Crippen molar-refractivity contribution in [3.05, 3.63) is 65.7 Å². The highest BCUT2D eigenvalue weighted by molar-refractivity contribution is 5.70. The van der Waals surface area contributed by atoms with Crippen LogP contribution in [0, 0.1) is 0 Å². The molecule has 0 aliphatic carbocycles. The number of carbonyl (C=O) groups is 1. The molecule has 4 nitrogen and oxygen atoms in total. The maximum absolute atomic E-state index is 11.4. The van der Waals surface area contributed by atoms with E-state index in [9.17, 15) is 4.79 Å². The lowest BCUT2D eigenvalue weighted by Gasteiger charge is -2.12. The molecule has 0 unspecified atom stereocenters. The third kappa shape index (κ3) is 4.90. The monoisotopic (exact) mass is 298 g/mol. The lowest BCUT2D eigenvalue weighted by Crippen LogP contribution is -2.17. The minimum atomic E-state index is -0.331. The molecule has 0 saturated carbocycles. The number of nitrogens with one attached hydrogen (secondary N) is 1. The van der Waals surface area contributed by atoms with Gasteiger partial charge in [-0.3, -0.25) is 4.79 Å². The fraction of sp³-hybridized carbons (Fsp3) is 0.278. The van der Waals surface area contributed by atoms with E-state index in [0.717, 1.165) is 17.8 Å². The third-order valence-electron chi connectivity index (χ3n) is 3.37. The fourth-order valence-corrected chi connectivity index (χ4v) is 2.17. The molecule has 2 aromatic carbocycles. The fourth-order valence-electron chi connectivity index (χ4n) is 2.17. The van der Waals surface area contributed by atoms with Crippen molar-refractivity contribution in [1.82, 2.24) is 0 Å². The molecule has 0 aromatic heterocycles. The lowest BCUT2D eigenvalue weighted by atomic mass is 10.0. The van der Waals surface area contributed by atoms with Crippen LogP contribution in [0.4, 0.5) is 5.69 Å². The minimum Gasteiger partial charge on any atom is -0.466 e. The topological polar surface area (TPSA) is 64.3 Å². The van der Waals surface area contributed by atoms with Gasteiger partial charge < -0.3 is 15.8 Å². The molecule has 0 bridgehead atoms. The zero-order valence-corrected chi connectivity index (χ0v) is 12.8. The van der Waals surface area contributed by atoms with Crippen LogP contribution in [0.2, 0.25) is 0 Å². The van der Waals surface area contributed by atoms with Gasteiger partial charge in [0.15, 0.2) is 0 Å². The molecule has 0 radical (unpaired) electrons. The molecule has 22 heavy (non-hydrogen) atoms. The summed E-state index contributed by atoms with van der Waals surface area (Å²) in [5.74, 6) is -0.263. The quantitative estimate of drug-likeness (QED) is 0.770. The summed E-state index contributed by atoms with van der Waals surface area (Å²) in [7, 11) is 0. The largest absolute Gasteiger partial charge is 0.466 e. The number of carbonyl (C=O) groups excluding carboxylic acids is 1. The predicted molar refractivity (Wildman–Crippen MR) is 88.4 cm³/mol. The Morgan fingerprint density at radius 3 is 2.45 bits per heavy atom. The summed E-state index contributed by atoms with van der Waals surface area (Å²) in [4.78, 5) is 11.4. The Bertz CT molecular complexity index is 582. The predicted octanol–water partition coefficient (Wildman–Crippen LogP) is 3.25. The van der Waals surface area contributed by atoms with Gasteiger partial charge in [-0.2, -0.15) is 0 Å². The summed E-state index contributed by atoms with van der Waals surface area (Å²) >= 11 is 0. The van der Waals surface area contributed by atoms with Gasteiger partial charge in [0, 0.05) is 18.3 Å². The number of esters is 1. The maximum atomic E-state index is 11.4. The van der Waals surface area contributed by atoms with Gasteiger partial charge in [-0.1, -0.05) is 42.5 Å². The molecular formula is C18H22N2O2. The van der Waals surface area contributed by atoms with Gasteiger partial charge in [-0.05, 0) is 30.2 Å². The van der Waals surface area contributed by atoms with Gasteiger partial charge in [-0.15, -0.1) is 0 Å². The molecule has 0 fully saturated rings. The highest BCUT2D eigenvalue weighted by Crippen LogP contribution is 2.18. The standard InChI is InChI=1S/C18H22N2O2/c1-2-22-18(21)12-17(19)15-8-10-16(11-9-15)20-13-14-6-4-3-5-7-14/h3-11,17,20H,2,12-13,19H2,1H3/t17-/m0/s1. The first-order valence-corrected chi connectivity index (χ1v) is 7.48. The van der Waals surface area contributed by atoms with E-state index in [1.54, 1.807) is 6.92 Å². The number of ether oxygens (including phenoxy) is 1. The van der Waals surface area contributed by atoms with Crippen molar-refractivity contribution in [3.8, 4) is 0 Å². The number of rotatable bonds is 7. The van der Waals surface area contributed by atoms with Crippen LogP contribution in [0.3, 0.4) is 0 Å². The van der Waals surface area contributed by atoms with Crippen LogP contribution in [0.5, 0.6) is 0 Å². The summed E-state index contributed by atoms with van der Waals surface area (Å²) in [5.41, 5.74) is 9.20. The summed E-state index contributed by atoms with van der Waals surface area (Å²) in [6, 6.07) is 17.7. The Morgan fingerprint density at radius 1 is 1.14 bits per heavy atom. The van der Waals surface area contributed by atoms with Crippen LogP contribution in [-0.4, -0.2) is 12.6 Å². The molecule has 2 aromatic rings. The van der Waals surface area contributed by atoms with Crippen molar-refractivity contribution in [2.75, 3.05) is 11.9 Å². The molecule has 0 amide bonds. The van der Waals surface area contributed by atoms with Crippen LogP contribution in [0.15, 0.2) is 54.6 Å². The molecule has 0 aliphatic heterocycles. The first kappa shape index (κ1) is 16.0. The molecule has 0 saturated heterocycles. The molecule has 0 heterocycles. The lowest BCUT2D eigenvalue weighted by molar-refractivity contribution is -0.143. The molecule has 4 heteroatoms. The summed E-state index contributed by atoms with van der Waals surface area (Å²) in [5, 5.41) is 3.36. The second-order valence-corrected chi connectivity index (χ2v) is 5.08. The highest BCUT2D eigenvalue weighted by atomic mass is 16.5. The zero-order chi connectivity index (χ0) is 15.8. The average Bonchev–Trinajstić information content (AvgIpc) is 2.54. The molecule has 116 valence electrons. The number of benzene rings is 2. The maximum Gasteiger partial charge on any atom is 0.307 e. The Labute approximate surface area is 131 Å². The third-order valence-corrected chi connectivity index (χ3v) is 3.37. The Kier molecular flexibility index (Phi) is 5.98. The zero-order valence-electron chi connectivity index (χ0n) is 12.8. The number of hydrogen-bond acceptors (Lipinski definition) is 4. The number of hydrogen-bond donors (Lipinski definition) is 2. The van der Waals surface area contributed by atoms with E-state index >= 15 is 0 Å². The van der Waals surface area contributed by atoms with Gasteiger partial charge in [0.1, 0.15) is 0 Å². The van der Waals surface area contributed by atoms with E-state index in [-0.39, 0.29) is 18.4 Å². The summed E-state index contributed by atoms with van der Waals surface area (Å²) in [6.07, 6.45) is 0.199. The minimum absolute atomic E-state index is 0.199. The molecule has 3 N–H and O–H groups in total. The first-order valence-electron chi connectivity index (χ1n) is 7.48. The van der Waals surface area contributed by atoms with Crippen LogP contribution in [0.25, 0.3) is 0 Å².